The van der Waals surface area contributed by atoms with Crippen LogP contribution in [0.15, 0.2) is 77.9 Å². The molecule has 0 fully saturated rings. The first-order valence-electron chi connectivity index (χ1n) is 8.60. The minimum Gasteiger partial charge on any atom is -0.496 e. The van der Waals surface area contributed by atoms with Gasteiger partial charge < -0.3 is 14.9 Å². The zero-order chi connectivity index (χ0) is 18.9. The van der Waals surface area contributed by atoms with Gasteiger partial charge in [-0.3, -0.25) is 0 Å². The summed E-state index contributed by atoms with van der Waals surface area (Å²) in [6.07, 6.45) is 1.77. The maximum atomic E-state index is 6.14. The second kappa shape index (κ2) is 9.64. The highest BCUT2D eigenvalue weighted by Gasteiger charge is 2.01. The normalized spacial score (nSPS) is 10.7. The van der Waals surface area contributed by atoms with Gasteiger partial charge in [-0.2, -0.15) is 5.10 Å². The van der Waals surface area contributed by atoms with Gasteiger partial charge in [0, 0.05) is 16.1 Å². The molecule has 27 heavy (non-hydrogen) atoms. The van der Waals surface area contributed by atoms with E-state index in [9.17, 15) is 0 Å². The van der Waals surface area contributed by atoms with Crippen LogP contribution in [0.3, 0.4) is 0 Å². The predicted octanol–water partition coefficient (Wildman–Crippen LogP) is 5.05. The van der Waals surface area contributed by atoms with Crippen molar-refractivity contribution in [3.63, 3.8) is 0 Å². The van der Waals surface area contributed by atoms with E-state index in [0.29, 0.717) is 18.2 Å². The first-order valence-corrected chi connectivity index (χ1v) is 8.98. The monoisotopic (exact) mass is 380 g/mol. The number of para-hydroxylation sites is 1. The molecule has 0 aromatic heterocycles. The van der Waals surface area contributed by atoms with Crippen LogP contribution in [0, 0.1) is 0 Å². The highest BCUT2D eigenvalue weighted by atomic mass is 35.5. The standard InChI is InChI=1S/C22H21ClN2O2/c1-26-22-9-5-3-6-18(22)15-25-24-14-17-10-12-20(13-11-17)27-16-19-7-2-4-8-21(19)23/h2-14,25H,15-16H2,1H3/b24-14+. The van der Waals surface area contributed by atoms with Gasteiger partial charge in [0.25, 0.3) is 0 Å². The number of hydrogen-bond donors (Lipinski definition) is 1. The smallest absolute Gasteiger partial charge is 0.123 e. The molecule has 0 saturated carbocycles. The van der Waals surface area contributed by atoms with Crippen molar-refractivity contribution in [1.82, 2.24) is 5.43 Å². The van der Waals surface area contributed by atoms with Crippen molar-refractivity contribution < 1.29 is 9.47 Å². The lowest BCUT2D eigenvalue weighted by molar-refractivity contribution is 0.306. The topological polar surface area (TPSA) is 42.8 Å². The second-order valence-corrected chi connectivity index (χ2v) is 6.26. The number of methoxy groups -OCH3 is 1. The van der Waals surface area contributed by atoms with E-state index in [1.165, 1.54) is 0 Å². The number of halogens is 1. The molecule has 4 nitrogen and oxygen atoms in total. The fourth-order valence-corrected chi connectivity index (χ4v) is 2.72. The Labute approximate surface area is 164 Å². The van der Waals surface area contributed by atoms with Gasteiger partial charge in [0.15, 0.2) is 0 Å². The Balaban J connectivity index is 1.50. The molecule has 1 N–H and O–H groups in total. The molecule has 0 aliphatic carbocycles. The van der Waals surface area contributed by atoms with E-state index in [1.54, 1.807) is 13.3 Å². The summed E-state index contributed by atoms with van der Waals surface area (Å²) in [7, 11) is 1.66. The highest BCUT2D eigenvalue weighted by Crippen LogP contribution is 2.19. The molecule has 0 heterocycles. The summed E-state index contributed by atoms with van der Waals surface area (Å²) in [5.74, 6) is 1.63. The molecule has 0 bridgehead atoms. The lowest BCUT2D eigenvalue weighted by Crippen LogP contribution is -2.06. The summed E-state index contributed by atoms with van der Waals surface area (Å²) < 4.78 is 11.1. The van der Waals surface area contributed by atoms with E-state index in [1.807, 2.05) is 72.8 Å². The maximum absolute atomic E-state index is 6.14. The third-order valence-electron chi connectivity index (χ3n) is 4.00. The van der Waals surface area contributed by atoms with Crippen LogP contribution in [0.25, 0.3) is 0 Å². The quantitative estimate of drug-likeness (QED) is 0.439. The van der Waals surface area contributed by atoms with Crippen molar-refractivity contribution in [2.45, 2.75) is 13.2 Å². The van der Waals surface area contributed by atoms with Crippen molar-refractivity contribution in [3.05, 3.63) is 94.5 Å². The van der Waals surface area contributed by atoms with E-state index in [0.717, 1.165) is 28.2 Å². The van der Waals surface area contributed by atoms with E-state index < -0.39 is 0 Å². The molecule has 0 amide bonds. The largest absolute Gasteiger partial charge is 0.496 e. The number of rotatable bonds is 8. The van der Waals surface area contributed by atoms with E-state index in [4.69, 9.17) is 21.1 Å². The minimum atomic E-state index is 0.438. The van der Waals surface area contributed by atoms with Gasteiger partial charge in [0.2, 0.25) is 0 Å². The molecular weight excluding hydrogens is 360 g/mol. The molecule has 138 valence electrons. The van der Waals surface area contributed by atoms with Crippen LogP contribution in [0.5, 0.6) is 11.5 Å². The first kappa shape index (κ1) is 18.8. The molecule has 0 unspecified atom stereocenters. The Morgan fingerprint density at radius 3 is 2.37 bits per heavy atom. The SMILES string of the molecule is COc1ccccc1CN/N=C/c1ccc(OCc2ccccc2Cl)cc1. The fourth-order valence-electron chi connectivity index (χ4n) is 2.53. The number of hydrazone groups is 1. The van der Waals surface area contributed by atoms with Gasteiger partial charge >= 0.3 is 0 Å². The Morgan fingerprint density at radius 1 is 0.926 bits per heavy atom. The molecule has 0 aliphatic heterocycles. The number of nitrogens with zero attached hydrogens (tertiary/aromatic N) is 1. The summed E-state index contributed by atoms with van der Waals surface area (Å²) >= 11 is 6.14. The Morgan fingerprint density at radius 2 is 1.63 bits per heavy atom. The number of benzene rings is 3. The van der Waals surface area contributed by atoms with Crippen LogP contribution in [0.4, 0.5) is 0 Å². The first-order chi connectivity index (χ1) is 13.3. The van der Waals surface area contributed by atoms with Gasteiger partial charge in [-0.1, -0.05) is 48.0 Å². The van der Waals surface area contributed by atoms with Crippen molar-refractivity contribution in [2.24, 2.45) is 5.10 Å². The Kier molecular flexibility index (Phi) is 6.72. The molecule has 0 atom stereocenters. The summed E-state index contributed by atoms with van der Waals surface area (Å²) in [5, 5.41) is 4.97. The van der Waals surface area contributed by atoms with Crippen LogP contribution in [0.2, 0.25) is 5.02 Å². The van der Waals surface area contributed by atoms with Gasteiger partial charge in [0.1, 0.15) is 18.1 Å². The van der Waals surface area contributed by atoms with Crippen molar-refractivity contribution in [2.75, 3.05) is 7.11 Å². The number of hydrogen-bond acceptors (Lipinski definition) is 4. The zero-order valence-corrected chi connectivity index (χ0v) is 15.8. The molecule has 0 spiro atoms. The second-order valence-electron chi connectivity index (χ2n) is 5.85. The average Bonchev–Trinajstić information content (AvgIpc) is 2.72. The number of ether oxygens (including phenoxy) is 2. The summed E-state index contributed by atoms with van der Waals surface area (Å²) in [4.78, 5) is 0. The van der Waals surface area contributed by atoms with Gasteiger partial charge in [-0.25, -0.2) is 0 Å². The lowest BCUT2D eigenvalue weighted by atomic mass is 10.2. The van der Waals surface area contributed by atoms with Crippen LogP contribution < -0.4 is 14.9 Å². The third-order valence-corrected chi connectivity index (χ3v) is 4.37. The van der Waals surface area contributed by atoms with Crippen LogP contribution in [-0.4, -0.2) is 13.3 Å². The lowest BCUT2D eigenvalue weighted by Gasteiger charge is -2.08. The molecule has 3 aromatic carbocycles. The Bertz CT molecular complexity index is 895. The van der Waals surface area contributed by atoms with Crippen molar-refractivity contribution in [1.29, 1.82) is 0 Å². The Hall–Kier alpha value is -2.98. The van der Waals surface area contributed by atoms with E-state index in [-0.39, 0.29) is 0 Å². The van der Waals surface area contributed by atoms with Crippen LogP contribution >= 0.6 is 11.6 Å². The average molecular weight is 381 g/mol. The molecule has 3 rings (SSSR count). The maximum Gasteiger partial charge on any atom is 0.123 e. The molecule has 0 saturated heterocycles. The fraction of sp³-hybridized carbons (Fsp3) is 0.136. The molecule has 0 radical (unpaired) electrons. The molecular formula is C22H21ClN2O2. The summed E-state index contributed by atoms with van der Waals surface area (Å²) in [5.41, 5.74) is 6.03. The van der Waals surface area contributed by atoms with E-state index in [2.05, 4.69) is 10.5 Å². The van der Waals surface area contributed by atoms with Gasteiger partial charge in [-0.05, 0) is 42.0 Å². The van der Waals surface area contributed by atoms with Crippen molar-refractivity contribution in [3.8, 4) is 11.5 Å². The third kappa shape index (κ3) is 5.50. The zero-order valence-electron chi connectivity index (χ0n) is 15.1. The van der Waals surface area contributed by atoms with Crippen LogP contribution in [0.1, 0.15) is 16.7 Å². The van der Waals surface area contributed by atoms with E-state index >= 15 is 0 Å². The molecule has 5 heteroatoms. The van der Waals surface area contributed by atoms with Gasteiger partial charge in [-0.15, -0.1) is 0 Å². The summed E-state index contributed by atoms with van der Waals surface area (Å²) in [6, 6.07) is 23.3. The van der Waals surface area contributed by atoms with Crippen LogP contribution in [-0.2, 0) is 13.2 Å². The number of nitrogens with one attached hydrogen (secondary N) is 1. The van der Waals surface area contributed by atoms with Crippen molar-refractivity contribution >= 4 is 17.8 Å². The molecule has 3 aromatic rings. The summed E-state index contributed by atoms with van der Waals surface area (Å²) in [6.45, 7) is 1.03. The van der Waals surface area contributed by atoms with Gasteiger partial charge in [0.05, 0.1) is 19.9 Å². The molecule has 0 aliphatic rings. The highest BCUT2D eigenvalue weighted by molar-refractivity contribution is 6.31. The minimum absolute atomic E-state index is 0.438. The predicted molar refractivity (Wildman–Crippen MR) is 110 cm³/mol.